The zero-order valence-electron chi connectivity index (χ0n) is 18.5. The first-order chi connectivity index (χ1) is 14.4. The fourth-order valence-corrected chi connectivity index (χ4v) is 3.79. The van der Waals surface area contributed by atoms with Crippen LogP contribution in [0.5, 0.6) is 0 Å². The summed E-state index contributed by atoms with van der Waals surface area (Å²) in [6.07, 6.45) is 4.94. The lowest BCUT2D eigenvalue weighted by molar-refractivity contribution is 0.0488. The summed E-state index contributed by atoms with van der Waals surface area (Å²) in [5.41, 5.74) is 6.87. The maximum absolute atomic E-state index is 12.3. The van der Waals surface area contributed by atoms with Gasteiger partial charge in [0, 0.05) is 17.4 Å². The van der Waals surface area contributed by atoms with E-state index in [9.17, 15) is 9.59 Å². The van der Waals surface area contributed by atoms with Crippen LogP contribution in [0.15, 0.2) is 29.3 Å². The molecule has 170 valence electrons. The third-order valence-electron chi connectivity index (χ3n) is 4.72. The molecular formula is C22H33N5O3S. The number of rotatable bonds is 7. The zero-order valence-corrected chi connectivity index (χ0v) is 19.4. The fraction of sp³-hybridized carbons (Fsp3) is 0.500. The lowest BCUT2D eigenvalue weighted by Gasteiger charge is -2.34. The van der Waals surface area contributed by atoms with Crippen molar-refractivity contribution in [3.05, 3.63) is 34.9 Å². The van der Waals surface area contributed by atoms with Crippen molar-refractivity contribution in [2.75, 3.05) is 10.6 Å². The van der Waals surface area contributed by atoms with Gasteiger partial charge < -0.3 is 31.8 Å². The standard InChI is InChI=1S/C22H33N5O3S/c1-13(23)11-19(31)26-18-12-14(9-10-15(18)20(24)28)25-16-7-5-6-8-17(16)27-21(29)30-22(2,3)4/h9-12,16-17,23,25-26,31H,5-8H2,1-4H3,(H2,24,28)(H,27,29)/b19-11-,23-13?/t16-,17+/m1/s1. The van der Waals surface area contributed by atoms with Crippen LogP contribution in [0.25, 0.3) is 0 Å². The highest BCUT2D eigenvalue weighted by molar-refractivity contribution is 7.84. The number of carbonyl (C=O) groups excluding carboxylic acids is 2. The first-order valence-electron chi connectivity index (χ1n) is 10.4. The highest BCUT2D eigenvalue weighted by Crippen LogP contribution is 2.27. The number of hydrogen-bond donors (Lipinski definition) is 6. The van der Waals surface area contributed by atoms with Crippen LogP contribution in [0.1, 0.15) is 63.7 Å². The van der Waals surface area contributed by atoms with Crippen molar-refractivity contribution in [3.8, 4) is 0 Å². The van der Waals surface area contributed by atoms with Gasteiger partial charge in [-0.25, -0.2) is 4.79 Å². The summed E-state index contributed by atoms with van der Waals surface area (Å²) in [7, 11) is 0. The Morgan fingerprint density at radius 2 is 1.87 bits per heavy atom. The van der Waals surface area contributed by atoms with Gasteiger partial charge in [-0.2, -0.15) is 0 Å². The number of nitrogens with two attached hydrogens (primary N) is 1. The molecule has 9 heteroatoms. The molecule has 0 saturated heterocycles. The summed E-state index contributed by atoms with van der Waals surface area (Å²) in [4.78, 5) is 24.1. The third-order valence-corrected chi connectivity index (χ3v) is 4.96. The molecule has 2 amide bonds. The number of anilines is 2. The molecule has 8 nitrogen and oxygen atoms in total. The number of thiol groups is 1. The molecule has 0 bridgehead atoms. The number of nitrogens with one attached hydrogen (secondary N) is 4. The second kappa shape index (κ2) is 10.6. The van der Waals surface area contributed by atoms with E-state index in [1.165, 1.54) is 6.08 Å². The van der Waals surface area contributed by atoms with Crippen LogP contribution in [0.2, 0.25) is 0 Å². The third kappa shape index (κ3) is 8.16. The summed E-state index contributed by atoms with van der Waals surface area (Å²) in [5.74, 6) is -0.566. The van der Waals surface area contributed by atoms with Crippen molar-refractivity contribution in [1.82, 2.24) is 5.32 Å². The van der Waals surface area contributed by atoms with Crippen molar-refractivity contribution < 1.29 is 14.3 Å². The topological polar surface area (TPSA) is 129 Å². The van der Waals surface area contributed by atoms with E-state index in [4.69, 9.17) is 15.9 Å². The van der Waals surface area contributed by atoms with E-state index in [1.54, 1.807) is 25.1 Å². The van der Waals surface area contributed by atoms with E-state index in [-0.39, 0.29) is 12.1 Å². The molecule has 0 radical (unpaired) electrons. The molecule has 1 aromatic rings. The van der Waals surface area contributed by atoms with E-state index < -0.39 is 17.6 Å². The lowest BCUT2D eigenvalue weighted by atomic mass is 9.90. The van der Waals surface area contributed by atoms with Crippen LogP contribution in [0, 0.1) is 5.41 Å². The highest BCUT2D eigenvalue weighted by atomic mass is 32.1. The monoisotopic (exact) mass is 447 g/mol. The van der Waals surface area contributed by atoms with Gasteiger partial charge in [0.1, 0.15) is 5.60 Å². The van der Waals surface area contributed by atoms with E-state index in [2.05, 4.69) is 28.6 Å². The predicted octanol–water partition coefficient (Wildman–Crippen LogP) is 4.26. The molecule has 0 aliphatic heterocycles. The molecule has 1 fully saturated rings. The number of carbonyl (C=O) groups is 2. The van der Waals surface area contributed by atoms with Gasteiger partial charge >= 0.3 is 6.09 Å². The molecular weight excluding hydrogens is 414 g/mol. The number of hydrogen-bond acceptors (Lipinski definition) is 7. The number of amides is 2. The average molecular weight is 448 g/mol. The first kappa shape index (κ1) is 24.6. The van der Waals surface area contributed by atoms with Gasteiger partial charge in [0.15, 0.2) is 0 Å². The molecule has 0 unspecified atom stereocenters. The van der Waals surface area contributed by atoms with Crippen LogP contribution in [0.4, 0.5) is 16.2 Å². The van der Waals surface area contributed by atoms with Gasteiger partial charge in [0.05, 0.1) is 22.3 Å². The molecule has 2 rings (SSSR count). The van der Waals surface area contributed by atoms with E-state index in [1.807, 2.05) is 20.8 Å². The second-order valence-corrected chi connectivity index (χ2v) is 9.23. The molecule has 1 aliphatic carbocycles. The van der Waals surface area contributed by atoms with Crippen LogP contribution < -0.4 is 21.7 Å². The second-order valence-electron chi connectivity index (χ2n) is 8.75. The molecule has 1 aliphatic rings. The van der Waals surface area contributed by atoms with Crippen LogP contribution in [0.3, 0.4) is 0 Å². The van der Waals surface area contributed by atoms with E-state index in [0.717, 1.165) is 31.4 Å². The molecule has 0 aromatic heterocycles. The van der Waals surface area contributed by atoms with Crippen LogP contribution in [-0.4, -0.2) is 35.4 Å². The maximum Gasteiger partial charge on any atom is 0.407 e. The Bertz CT molecular complexity index is 863. The van der Waals surface area contributed by atoms with E-state index in [0.29, 0.717) is 22.0 Å². The normalized spacial score (nSPS) is 19.3. The molecule has 1 saturated carbocycles. The van der Waals surface area contributed by atoms with Gasteiger partial charge in [-0.15, -0.1) is 12.6 Å². The summed E-state index contributed by atoms with van der Waals surface area (Å²) >= 11 is 4.32. The molecule has 0 spiro atoms. The van der Waals surface area contributed by atoms with Crippen molar-refractivity contribution in [1.29, 1.82) is 5.41 Å². The summed E-state index contributed by atoms with van der Waals surface area (Å²) in [6, 6.07) is 5.15. The fourth-order valence-electron chi connectivity index (χ4n) is 3.48. The minimum atomic E-state index is -0.566. The van der Waals surface area contributed by atoms with Gasteiger partial charge in [0.2, 0.25) is 0 Å². The maximum atomic E-state index is 12.3. The number of benzene rings is 1. The van der Waals surface area contributed by atoms with Crippen LogP contribution in [-0.2, 0) is 4.74 Å². The number of alkyl carbamates (subject to hydrolysis) is 1. The Morgan fingerprint density at radius 3 is 2.45 bits per heavy atom. The summed E-state index contributed by atoms with van der Waals surface area (Å²) in [6.45, 7) is 7.14. The van der Waals surface area contributed by atoms with E-state index >= 15 is 0 Å². The lowest BCUT2D eigenvalue weighted by Crippen LogP contribution is -2.49. The van der Waals surface area contributed by atoms with Gasteiger partial charge in [-0.3, -0.25) is 4.79 Å². The first-order valence-corrected chi connectivity index (χ1v) is 10.8. The van der Waals surface area contributed by atoms with Gasteiger partial charge in [-0.05, 0) is 64.8 Å². The van der Waals surface area contributed by atoms with Gasteiger partial charge in [0.25, 0.3) is 5.91 Å². The number of ether oxygens (including phenoxy) is 1. The molecule has 31 heavy (non-hydrogen) atoms. The average Bonchev–Trinajstić information content (AvgIpc) is 2.61. The quantitative estimate of drug-likeness (QED) is 0.275. The summed E-state index contributed by atoms with van der Waals surface area (Å²) in [5, 5.41) is 17.5. The Kier molecular flexibility index (Phi) is 8.38. The minimum absolute atomic E-state index is 0.0170. The number of allylic oxidation sites excluding steroid dienone is 1. The van der Waals surface area contributed by atoms with Crippen molar-refractivity contribution in [2.24, 2.45) is 5.73 Å². The Hall–Kier alpha value is -2.68. The van der Waals surface area contributed by atoms with Crippen molar-refractivity contribution in [2.45, 2.75) is 71.1 Å². The van der Waals surface area contributed by atoms with Crippen LogP contribution >= 0.6 is 12.6 Å². The Morgan fingerprint density at radius 1 is 1.23 bits per heavy atom. The molecule has 6 N–H and O–H groups in total. The largest absolute Gasteiger partial charge is 0.444 e. The minimum Gasteiger partial charge on any atom is -0.444 e. The molecule has 0 heterocycles. The highest BCUT2D eigenvalue weighted by Gasteiger charge is 2.28. The SMILES string of the molecule is CC(=N)/C=C(\S)Nc1cc(N[C@@H]2CCCC[C@@H]2NC(=O)OC(C)(C)C)ccc1C(N)=O. The number of primary amides is 1. The Balaban J connectivity index is 2.19. The smallest absolute Gasteiger partial charge is 0.407 e. The molecule has 2 atom stereocenters. The predicted molar refractivity (Wildman–Crippen MR) is 128 cm³/mol. The summed E-state index contributed by atoms with van der Waals surface area (Å²) < 4.78 is 5.40. The van der Waals surface area contributed by atoms with Gasteiger partial charge in [-0.1, -0.05) is 12.8 Å². The zero-order chi connectivity index (χ0) is 23.2. The Labute approximate surface area is 189 Å². The molecule has 1 aromatic carbocycles. The van der Waals surface area contributed by atoms with Crippen molar-refractivity contribution >= 4 is 41.7 Å². The van der Waals surface area contributed by atoms with Crippen molar-refractivity contribution in [3.63, 3.8) is 0 Å².